The van der Waals surface area contributed by atoms with Gasteiger partial charge in [-0.3, -0.25) is 9.59 Å². The zero-order valence-electron chi connectivity index (χ0n) is 12.0. The molecule has 0 radical (unpaired) electrons. The lowest BCUT2D eigenvalue weighted by molar-refractivity contribution is -0.121. The molecule has 0 aliphatic heterocycles. The Morgan fingerprint density at radius 3 is 2.50 bits per heavy atom. The molecule has 6 heteroatoms. The molecule has 1 heterocycles. The largest absolute Gasteiger partial charge is 0.356 e. The van der Waals surface area contributed by atoms with Crippen LogP contribution in [0, 0.1) is 13.8 Å². The molecule has 3 N–H and O–H groups in total. The minimum absolute atomic E-state index is 0. The van der Waals surface area contributed by atoms with Crippen molar-refractivity contribution < 1.29 is 9.59 Å². The second-order valence-corrected chi connectivity index (χ2v) is 6.06. The van der Waals surface area contributed by atoms with Crippen molar-refractivity contribution in [1.29, 1.82) is 0 Å². The summed E-state index contributed by atoms with van der Waals surface area (Å²) >= 11 is 1.62. The SMILES string of the molecule is Cc1cc(C(=O)CCC(=O)NCCCCN)c(C)s1.Cl. The van der Waals surface area contributed by atoms with Gasteiger partial charge in [0, 0.05) is 34.7 Å². The molecular formula is C14H23ClN2O2S. The summed E-state index contributed by atoms with van der Waals surface area (Å²) in [4.78, 5) is 25.7. The first-order valence-electron chi connectivity index (χ1n) is 6.61. The van der Waals surface area contributed by atoms with Crippen LogP contribution in [0.15, 0.2) is 6.07 Å². The van der Waals surface area contributed by atoms with Crippen LogP contribution in [-0.2, 0) is 4.79 Å². The molecule has 1 rings (SSSR count). The average molecular weight is 319 g/mol. The van der Waals surface area contributed by atoms with Crippen LogP contribution >= 0.6 is 23.7 Å². The van der Waals surface area contributed by atoms with E-state index < -0.39 is 0 Å². The number of rotatable bonds is 8. The second-order valence-electron chi connectivity index (χ2n) is 4.60. The van der Waals surface area contributed by atoms with Crippen LogP contribution in [0.2, 0.25) is 0 Å². The summed E-state index contributed by atoms with van der Waals surface area (Å²) in [6, 6.07) is 1.90. The lowest BCUT2D eigenvalue weighted by Gasteiger charge is -2.04. The zero-order valence-corrected chi connectivity index (χ0v) is 13.7. The van der Waals surface area contributed by atoms with Gasteiger partial charge >= 0.3 is 0 Å². The molecule has 0 unspecified atom stereocenters. The minimum atomic E-state index is -0.0602. The van der Waals surface area contributed by atoms with Gasteiger partial charge in [0.1, 0.15) is 0 Å². The Balaban J connectivity index is 0.00000361. The van der Waals surface area contributed by atoms with Crippen LogP contribution in [0.3, 0.4) is 0 Å². The number of unbranched alkanes of at least 4 members (excludes halogenated alkanes) is 1. The summed E-state index contributed by atoms with van der Waals surface area (Å²) in [5, 5.41) is 2.80. The third-order valence-corrected chi connectivity index (χ3v) is 3.84. The summed E-state index contributed by atoms with van der Waals surface area (Å²) in [7, 11) is 0. The molecule has 0 bridgehead atoms. The number of Topliss-reactive ketones (excluding diaryl/α,β-unsaturated/α-hetero) is 1. The van der Waals surface area contributed by atoms with Crippen LogP contribution in [0.1, 0.15) is 45.8 Å². The Hall–Kier alpha value is -0.910. The van der Waals surface area contributed by atoms with E-state index in [0.717, 1.165) is 28.2 Å². The van der Waals surface area contributed by atoms with E-state index in [1.807, 2.05) is 19.9 Å². The van der Waals surface area contributed by atoms with E-state index in [4.69, 9.17) is 5.73 Å². The molecule has 1 aromatic heterocycles. The molecule has 0 aromatic carbocycles. The van der Waals surface area contributed by atoms with Gasteiger partial charge in [0.05, 0.1) is 0 Å². The Bertz CT molecular complexity index is 446. The quantitative estimate of drug-likeness (QED) is 0.571. The maximum absolute atomic E-state index is 12.0. The number of carbonyl (C=O) groups is 2. The first kappa shape index (κ1) is 19.1. The number of nitrogens with two attached hydrogens (primary N) is 1. The fraction of sp³-hybridized carbons (Fsp3) is 0.571. The van der Waals surface area contributed by atoms with Crippen LogP contribution in [0.5, 0.6) is 0 Å². The summed E-state index contributed by atoms with van der Waals surface area (Å²) in [6.07, 6.45) is 2.33. The molecule has 114 valence electrons. The Kier molecular flexibility index (Phi) is 9.46. The van der Waals surface area contributed by atoms with Gasteiger partial charge in [-0.2, -0.15) is 0 Å². The topological polar surface area (TPSA) is 72.2 Å². The van der Waals surface area contributed by atoms with Crippen LogP contribution in [-0.4, -0.2) is 24.8 Å². The number of halogens is 1. The number of thiophene rings is 1. The van der Waals surface area contributed by atoms with E-state index in [1.54, 1.807) is 11.3 Å². The van der Waals surface area contributed by atoms with Gasteiger partial charge in [-0.15, -0.1) is 23.7 Å². The van der Waals surface area contributed by atoms with Crippen molar-refractivity contribution in [2.24, 2.45) is 5.73 Å². The van der Waals surface area contributed by atoms with E-state index in [9.17, 15) is 9.59 Å². The molecule has 0 atom stereocenters. The van der Waals surface area contributed by atoms with Gasteiger partial charge in [-0.05, 0) is 39.3 Å². The van der Waals surface area contributed by atoms with Crippen LogP contribution in [0.25, 0.3) is 0 Å². The highest BCUT2D eigenvalue weighted by molar-refractivity contribution is 7.12. The van der Waals surface area contributed by atoms with E-state index in [2.05, 4.69) is 5.32 Å². The number of nitrogens with one attached hydrogen (secondary N) is 1. The summed E-state index contributed by atoms with van der Waals surface area (Å²) in [5.41, 5.74) is 6.13. The molecule has 0 saturated heterocycles. The van der Waals surface area contributed by atoms with E-state index in [1.165, 1.54) is 0 Å². The first-order chi connectivity index (χ1) is 9.04. The lowest BCUT2D eigenvalue weighted by Crippen LogP contribution is -2.25. The Morgan fingerprint density at radius 1 is 1.25 bits per heavy atom. The van der Waals surface area contributed by atoms with Gasteiger partial charge in [-0.1, -0.05) is 0 Å². The average Bonchev–Trinajstić information content (AvgIpc) is 2.71. The van der Waals surface area contributed by atoms with Gasteiger partial charge in [0.15, 0.2) is 5.78 Å². The van der Waals surface area contributed by atoms with Crippen molar-refractivity contribution in [2.45, 2.75) is 39.5 Å². The fourth-order valence-electron chi connectivity index (χ4n) is 1.85. The molecule has 1 aromatic rings. The number of carbonyl (C=O) groups excluding carboxylic acids is 2. The van der Waals surface area contributed by atoms with Crippen molar-refractivity contribution in [3.8, 4) is 0 Å². The molecule has 0 saturated carbocycles. The Labute approximate surface area is 130 Å². The predicted molar refractivity (Wildman–Crippen MR) is 85.9 cm³/mol. The maximum atomic E-state index is 12.0. The molecule has 4 nitrogen and oxygen atoms in total. The molecule has 0 aliphatic carbocycles. The molecule has 20 heavy (non-hydrogen) atoms. The molecule has 0 aliphatic rings. The maximum Gasteiger partial charge on any atom is 0.220 e. The summed E-state index contributed by atoms with van der Waals surface area (Å²) in [6.45, 7) is 5.21. The van der Waals surface area contributed by atoms with E-state index >= 15 is 0 Å². The highest BCUT2D eigenvalue weighted by Gasteiger charge is 2.13. The third kappa shape index (κ3) is 6.50. The standard InChI is InChI=1S/C14H22N2O2S.ClH/c1-10-9-12(11(2)19-10)13(17)5-6-14(18)16-8-4-3-7-15;/h9H,3-8,15H2,1-2H3,(H,16,18);1H. The molecular weight excluding hydrogens is 296 g/mol. The van der Waals surface area contributed by atoms with Gasteiger partial charge in [-0.25, -0.2) is 0 Å². The number of hydrogen-bond acceptors (Lipinski definition) is 4. The molecule has 1 amide bonds. The van der Waals surface area contributed by atoms with Gasteiger partial charge in [0.2, 0.25) is 5.91 Å². The summed E-state index contributed by atoms with van der Waals surface area (Å²) < 4.78 is 0. The van der Waals surface area contributed by atoms with E-state index in [-0.39, 0.29) is 36.9 Å². The second kappa shape index (κ2) is 9.91. The normalized spacial score (nSPS) is 9.95. The van der Waals surface area contributed by atoms with E-state index in [0.29, 0.717) is 13.1 Å². The highest BCUT2D eigenvalue weighted by Crippen LogP contribution is 2.22. The van der Waals surface area contributed by atoms with Crippen molar-refractivity contribution in [3.63, 3.8) is 0 Å². The summed E-state index contributed by atoms with van der Waals surface area (Å²) in [5.74, 6) is -0.00562. The van der Waals surface area contributed by atoms with Crippen molar-refractivity contribution >= 4 is 35.4 Å². The minimum Gasteiger partial charge on any atom is -0.356 e. The van der Waals surface area contributed by atoms with Crippen molar-refractivity contribution in [1.82, 2.24) is 5.32 Å². The number of hydrogen-bond donors (Lipinski definition) is 2. The smallest absolute Gasteiger partial charge is 0.220 e. The van der Waals surface area contributed by atoms with Crippen molar-refractivity contribution in [2.75, 3.05) is 13.1 Å². The molecule has 0 fully saturated rings. The number of amides is 1. The van der Waals surface area contributed by atoms with Crippen LogP contribution in [0.4, 0.5) is 0 Å². The third-order valence-electron chi connectivity index (χ3n) is 2.87. The van der Waals surface area contributed by atoms with Gasteiger partial charge < -0.3 is 11.1 Å². The lowest BCUT2D eigenvalue weighted by atomic mass is 10.1. The Morgan fingerprint density at radius 2 is 1.95 bits per heavy atom. The predicted octanol–water partition coefficient (Wildman–Crippen LogP) is 2.60. The van der Waals surface area contributed by atoms with Crippen molar-refractivity contribution in [3.05, 3.63) is 21.4 Å². The highest BCUT2D eigenvalue weighted by atomic mass is 35.5. The number of ketones is 1. The first-order valence-corrected chi connectivity index (χ1v) is 7.43. The van der Waals surface area contributed by atoms with Crippen LogP contribution < -0.4 is 11.1 Å². The number of aryl methyl sites for hydroxylation is 2. The fourth-order valence-corrected chi connectivity index (χ4v) is 2.80. The monoisotopic (exact) mass is 318 g/mol. The zero-order chi connectivity index (χ0) is 14.3. The molecule has 0 spiro atoms. The van der Waals surface area contributed by atoms with Gasteiger partial charge in [0.25, 0.3) is 0 Å².